The maximum absolute atomic E-state index is 13.0. The molecule has 0 saturated heterocycles. The predicted molar refractivity (Wildman–Crippen MR) is 124 cm³/mol. The Kier molecular flexibility index (Phi) is 6.69. The lowest BCUT2D eigenvalue weighted by Gasteiger charge is -2.10. The van der Waals surface area contributed by atoms with Gasteiger partial charge in [0.15, 0.2) is 5.65 Å². The van der Waals surface area contributed by atoms with Gasteiger partial charge in [-0.05, 0) is 48.4 Å². The summed E-state index contributed by atoms with van der Waals surface area (Å²) in [5, 5.41) is 10.2. The average molecular weight is 465 g/mol. The van der Waals surface area contributed by atoms with Gasteiger partial charge >= 0.3 is 0 Å². The molecule has 0 unspecified atom stereocenters. The van der Waals surface area contributed by atoms with Crippen LogP contribution in [0.2, 0.25) is 0 Å². The first-order chi connectivity index (χ1) is 16.0. The Morgan fingerprint density at radius 1 is 1.06 bits per heavy atom. The zero-order chi connectivity index (χ0) is 23.3. The van der Waals surface area contributed by atoms with Crippen LogP contribution in [0.25, 0.3) is 11.0 Å². The minimum atomic E-state index is -3.68. The highest BCUT2D eigenvalue weighted by Gasteiger charge is 2.18. The van der Waals surface area contributed by atoms with E-state index in [1.54, 1.807) is 60.8 Å². The van der Waals surface area contributed by atoms with Crippen molar-refractivity contribution in [2.24, 2.45) is 0 Å². The third kappa shape index (κ3) is 5.20. The summed E-state index contributed by atoms with van der Waals surface area (Å²) in [6, 6.07) is 14.7. The van der Waals surface area contributed by atoms with E-state index in [0.29, 0.717) is 23.6 Å². The highest BCUT2D eigenvalue weighted by Crippen LogP contribution is 2.25. The second-order valence-corrected chi connectivity index (χ2v) is 9.49. The second kappa shape index (κ2) is 9.83. The van der Waals surface area contributed by atoms with Crippen molar-refractivity contribution in [3.8, 4) is 5.75 Å². The summed E-state index contributed by atoms with van der Waals surface area (Å²) in [7, 11) is -3.68. The number of benzene rings is 2. The van der Waals surface area contributed by atoms with Gasteiger partial charge in [0.05, 0.1) is 28.2 Å². The van der Waals surface area contributed by atoms with Crippen LogP contribution in [0, 0.1) is 0 Å². The number of H-pyrrole nitrogens is 1. The van der Waals surface area contributed by atoms with E-state index in [9.17, 15) is 13.2 Å². The van der Waals surface area contributed by atoms with Gasteiger partial charge in [0.2, 0.25) is 9.84 Å². The molecule has 0 fully saturated rings. The number of carbonyl (C=O) groups excluding carboxylic acids is 1. The molecule has 2 aromatic heterocycles. The Balaban J connectivity index is 1.42. The van der Waals surface area contributed by atoms with E-state index in [0.717, 1.165) is 23.8 Å². The van der Waals surface area contributed by atoms with E-state index in [4.69, 9.17) is 4.74 Å². The molecule has 9 heteroatoms. The minimum Gasteiger partial charge on any atom is -0.494 e. The smallest absolute Gasteiger partial charge is 0.253 e. The summed E-state index contributed by atoms with van der Waals surface area (Å²) in [6.07, 6.45) is 4.99. The SMILES string of the molecule is CCCCOc1cccc(S(=O)(=O)c2ccc(CNC(=O)c3cnc4[nH]ncc4c3)cc2)c1. The van der Waals surface area contributed by atoms with Crippen LogP contribution in [0.15, 0.2) is 76.8 Å². The number of pyridine rings is 1. The largest absolute Gasteiger partial charge is 0.494 e. The van der Waals surface area contributed by atoms with E-state index in [1.165, 1.54) is 6.20 Å². The Hall–Kier alpha value is -3.72. The molecule has 170 valence electrons. The first-order valence-electron chi connectivity index (χ1n) is 10.6. The van der Waals surface area contributed by atoms with Crippen LogP contribution in [0.5, 0.6) is 5.75 Å². The maximum Gasteiger partial charge on any atom is 0.253 e. The summed E-state index contributed by atoms with van der Waals surface area (Å²) in [6.45, 7) is 2.87. The molecular formula is C24H24N4O4S. The Morgan fingerprint density at radius 3 is 2.67 bits per heavy atom. The van der Waals surface area contributed by atoms with Crippen LogP contribution >= 0.6 is 0 Å². The molecule has 0 aliphatic heterocycles. The monoisotopic (exact) mass is 464 g/mol. The van der Waals surface area contributed by atoms with E-state index in [-0.39, 0.29) is 22.2 Å². The molecule has 0 radical (unpaired) electrons. The summed E-state index contributed by atoms with van der Waals surface area (Å²) < 4.78 is 31.7. The number of unbranched alkanes of at least 4 members (excludes halogenated alkanes) is 1. The quantitative estimate of drug-likeness (QED) is 0.363. The third-order valence-electron chi connectivity index (χ3n) is 5.12. The average Bonchev–Trinajstić information content (AvgIpc) is 3.31. The van der Waals surface area contributed by atoms with Gasteiger partial charge in [-0.15, -0.1) is 0 Å². The summed E-state index contributed by atoms with van der Waals surface area (Å²) in [5.74, 6) is 0.258. The highest BCUT2D eigenvalue weighted by atomic mass is 32.2. The van der Waals surface area contributed by atoms with Crippen molar-refractivity contribution < 1.29 is 17.9 Å². The molecule has 1 amide bonds. The summed E-state index contributed by atoms with van der Waals surface area (Å²) >= 11 is 0. The summed E-state index contributed by atoms with van der Waals surface area (Å²) in [5.41, 5.74) is 1.81. The fourth-order valence-electron chi connectivity index (χ4n) is 3.23. The molecular weight excluding hydrogens is 440 g/mol. The van der Waals surface area contributed by atoms with Crippen molar-refractivity contribution in [1.29, 1.82) is 0 Å². The van der Waals surface area contributed by atoms with Gasteiger partial charge in [0, 0.05) is 18.1 Å². The van der Waals surface area contributed by atoms with Crippen molar-refractivity contribution in [2.75, 3.05) is 6.61 Å². The molecule has 0 bridgehead atoms. The number of hydrogen-bond donors (Lipinski definition) is 2. The predicted octanol–water partition coefficient (Wildman–Crippen LogP) is 3.90. The molecule has 33 heavy (non-hydrogen) atoms. The van der Waals surface area contributed by atoms with Crippen LogP contribution in [-0.2, 0) is 16.4 Å². The Labute approximate surface area is 191 Å². The van der Waals surface area contributed by atoms with Gasteiger partial charge in [-0.3, -0.25) is 9.89 Å². The number of nitrogens with one attached hydrogen (secondary N) is 2. The van der Waals surface area contributed by atoms with Gasteiger partial charge in [-0.1, -0.05) is 31.5 Å². The highest BCUT2D eigenvalue weighted by molar-refractivity contribution is 7.91. The Morgan fingerprint density at radius 2 is 1.88 bits per heavy atom. The molecule has 4 aromatic rings. The molecule has 0 spiro atoms. The minimum absolute atomic E-state index is 0.179. The second-order valence-electron chi connectivity index (χ2n) is 7.54. The fraction of sp³-hybridized carbons (Fsp3) is 0.208. The Bertz CT molecular complexity index is 1360. The number of nitrogens with zero attached hydrogens (tertiary/aromatic N) is 2. The number of aromatic amines is 1. The van der Waals surface area contributed by atoms with E-state index in [2.05, 4.69) is 27.4 Å². The third-order valence-corrected chi connectivity index (χ3v) is 6.89. The van der Waals surface area contributed by atoms with Gasteiger partial charge in [-0.25, -0.2) is 13.4 Å². The number of hydrogen-bond acceptors (Lipinski definition) is 6. The topological polar surface area (TPSA) is 114 Å². The number of carbonyl (C=O) groups is 1. The summed E-state index contributed by atoms with van der Waals surface area (Å²) in [4.78, 5) is 16.9. The fourth-order valence-corrected chi connectivity index (χ4v) is 4.53. The first-order valence-corrected chi connectivity index (χ1v) is 12.1. The zero-order valence-corrected chi connectivity index (χ0v) is 18.9. The van der Waals surface area contributed by atoms with Crippen molar-refractivity contribution in [3.63, 3.8) is 0 Å². The van der Waals surface area contributed by atoms with Crippen LogP contribution in [0.1, 0.15) is 35.7 Å². The van der Waals surface area contributed by atoms with Crippen molar-refractivity contribution >= 4 is 26.8 Å². The molecule has 2 aromatic carbocycles. The molecule has 4 rings (SSSR count). The molecule has 8 nitrogen and oxygen atoms in total. The number of rotatable bonds is 9. The van der Waals surface area contributed by atoms with Crippen LogP contribution < -0.4 is 10.1 Å². The molecule has 0 aliphatic carbocycles. The van der Waals surface area contributed by atoms with E-state index >= 15 is 0 Å². The lowest BCUT2D eigenvalue weighted by Crippen LogP contribution is -2.22. The molecule has 0 aliphatic rings. The van der Waals surface area contributed by atoms with Crippen LogP contribution in [-0.4, -0.2) is 36.1 Å². The van der Waals surface area contributed by atoms with Crippen molar-refractivity contribution in [3.05, 3.63) is 78.1 Å². The molecule has 2 N–H and O–H groups in total. The van der Waals surface area contributed by atoms with Crippen molar-refractivity contribution in [2.45, 2.75) is 36.1 Å². The number of fused-ring (bicyclic) bond motifs is 1. The molecule has 0 atom stereocenters. The standard InChI is InChI=1S/C24H24N4O4S/c1-2-3-11-32-20-5-4-6-22(13-20)33(30,31)21-9-7-17(8-10-21)14-26-24(29)19-12-18-16-27-28-23(18)25-15-19/h4-10,12-13,15-16H,2-3,11,14H2,1H3,(H,26,29)(H,25,27,28). The van der Waals surface area contributed by atoms with E-state index < -0.39 is 9.84 Å². The number of ether oxygens (including phenoxy) is 1. The first kappa shape index (κ1) is 22.5. The van der Waals surface area contributed by atoms with E-state index in [1.807, 2.05) is 0 Å². The zero-order valence-electron chi connectivity index (χ0n) is 18.1. The van der Waals surface area contributed by atoms with Gasteiger partial charge in [0.1, 0.15) is 5.75 Å². The van der Waals surface area contributed by atoms with Crippen LogP contribution in [0.4, 0.5) is 0 Å². The van der Waals surface area contributed by atoms with Gasteiger partial charge in [0.25, 0.3) is 5.91 Å². The normalized spacial score (nSPS) is 11.4. The number of amides is 1. The molecule has 0 saturated carbocycles. The van der Waals surface area contributed by atoms with Gasteiger partial charge in [-0.2, -0.15) is 5.10 Å². The van der Waals surface area contributed by atoms with Gasteiger partial charge < -0.3 is 10.1 Å². The molecule has 2 heterocycles. The number of sulfone groups is 1. The van der Waals surface area contributed by atoms with Crippen molar-refractivity contribution in [1.82, 2.24) is 20.5 Å². The lowest BCUT2D eigenvalue weighted by molar-refractivity contribution is 0.0950. The van der Waals surface area contributed by atoms with Crippen LogP contribution in [0.3, 0.4) is 0 Å². The maximum atomic E-state index is 13.0. The number of aromatic nitrogens is 3. The lowest BCUT2D eigenvalue weighted by atomic mass is 10.2.